The lowest BCUT2D eigenvalue weighted by molar-refractivity contribution is -0.131. The summed E-state index contributed by atoms with van der Waals surface area (Å²) in [6.07, 6.45) is 5.93. The van der Waals surface area contributed by atoms with Crippen LogP contribution in [0.2, 0.25) is 5.02 Å². The molecule has 1 saturated heterocycles. The maximum Gasteiger partial charge on any atom is 0.219 e. The van der Waals surface area contributed by atoms with Crippen molar-refractivity contribution in [3.05, 3.63) is 53.1 Å². The first-order valence-electron chi connectivity index (χ1n) is 8.23. The third-order valence-corrected chi connectivity index (χ3v) is 4.50. The van der Waals surface area contributed by atoms with E-state index in [0.29, 0.717) is 19.6 Å². The van der Waals surface area contributed by atoms with Gasteiger partial charge in [-0.1, -0.05) is 23.7 Å². The fourth-order valence-electron chi connectivity index (χ4n) is 2.98. The van der Waals surface area contributed by atoms with Crippen molar-refractivity contribution in [3.8, 4) is 0 Å². The topological polar surface area (TPSA) is 47.4 Å². The molecule has 0 spiro atoms. The highest BCUT2D eigenvalue weighted by Gasteiger charge is 2.22. The maximum absolute atomic E-state index is 12.0. The molecule has 0 bridgehead atoms. The van der Waals surface area contributed by atoms with Gasteiger partial charge in [-0.3, -0.25) is 4.79 Å². The number of ether oxygens (including phenoxy) is 1. The minimum absolute atomic E-state index is 0.0443. The molecule has 1 aromatic heterocycles. The average molecular weight is 348 g/mol. The van der Waals surface area contributed by atoms with Crippen LogP contribution in [-0.2, 0) is 22.6 Å². The lowest BCUT2D eigenvalue weighted by atomic mass is 10.2. The van der Waals surface area contributed by atoms with Crippen LogP contribution in [0.3, 0.4) is 0 Å². The quantitative estimate of drug-likeness (QED) is 0.806. The Hall–Kier alpha value is -1.85. The number of imidazole rings is 1. The zero-order valence-corrected chi connectivity index (χ0v) is 14.6. The number of amides is 1. The number of hydrogen-bond acceptors (Lipinski definition) is 3. The molecule has 0 saturated carbocycles. The molecule has 1 fully saturated rings. The van der Waals surface area contributed by atoms with Gasteiger partial charge in [0, 0.05) is 44.0 Å². The molecule has 24 heavy (non-hydrogen) atoms. The minimum atomic E-state index is 0.0443. The number of halogens is 1. The number of benzene rings is 1. The van der Waals surface area contributed by atoms with Crippen molar-refractivity contribution >= 4 is 17.5 Å². The molecule has 0 aliphatic carbocycles. The minimum Gasteiger partial charge on any atom is -0.376 e. The van der Waals surface area contributed by atoms with Crippen molar-refractivity contribution in [2.45, 2.75) is 39.0 Å². The van der Waals surface area contributed by atoms with E-state index in [9.17, 15) is 4.79 Å². The van der Waals surface area contributed by atoms with Crippen molar-refractivity contribution in [3.63, 3.8) is 0 Å². The average Bonchev–Trinajstić information content (AvgIpc) is 3.19. The first-order chi connectivity index (χ1) is 11.6. The highest BCUT2D eigenvalue weighted by atomic mass is 35.5. The van der Waals surface area contributed by atoms with E-state index in [2.05, 4.69) is 9.55 Å². The summed E-state index contributed by atoms with van der Waals surface area (Å²) in [5, 5.41) is 0.720. The third kappa shape index (κ3) is 4.36. The highest BCUT2D eigenvalue weighted by Crippen LogP contribution is 2.16. The Kier molecular flexibility index (Phi) is 5.53. The van der Waals surface area contributed by atoms with Gasteiger partial charge >= 0.3 is 0 Å². The molecule has 2 aromatic rings. The lowest BCUT2D eigenvalue weighted by Gasteiger charge is -2.24. The normalized spacial score (nSPS) is 17.2. The largest absolute Gasteiger partial charge is 0.376 e. The van der Waals surface area contributed by atoms with Crippen LogP contribution in [0.4, 0.5) is 0 Å². The molecule has 1 aliphatic rings. The molecule has 1 aliphatic heterocycles. The zero-order chi connectivity index (χ0) is 16.9. The Morgan fingerprint density at radius 2 is 2.38 bits per heavy atom. The fraction of sp³-hybridized carbons (Fsp3) is 0.444. The van der Waals surface area contributed by atoms with Crippen molar-refractivity contribution < 1.29 is 9.53 Å². The Morgan fingerprint density at radius 3 is 3.08 bits per heavy atom. The maximum atomic E-state index is 12.0. The van der Waals surface area contributed by atoms with Crippen LogP contribution >= 0.6 is 11.6 Å². The zero-order valence-electron chi connectivity index (χ0n) is 13.8. The number of carbonyl (C=O) groups is 1. The lowest BCUT2D eigenvalue weighted by Crippen LogP contribution is -2.36. The van der Waals surface area contributed by atoms with Gasteiger partial charge in [0.15, 0.2) is 0 Å². The molecular weight excluding hydrogens is 326 g/mol. The second-order valence-corrected chi connectivity index (χ2v) is 6.57. The standard InChI is InChI=1S/C18H22ClN3O2/c1-14(23)22(12-17-6-3-9-24-17)13-18-20-7-8-21(18)11-15-4-2-5-16(19)10-15/h2,4-5,7-8,10,17H,3,6,9,11-13H2,1H3. The van der Waals surface area contributed by atoms with E-state index >= 15 is 0 Å². The van der Waals surface area contributed by atoms with Gasteiger partial charge < -0.3 is 14.2 Å². The summed E-state index contributed by atoms with van der Waals surface area (Å²) in [4.78, 5) is 18.2. The fourth-order valence-corrected chi connectivity index (χ4v) is 3.19. The van der Waals surface area contributed by atoms with Gasteiger partial charge in [0.05, 0.1) is 12.6 Å². The summed E-state index contributed by atoms with van der Waals surface area (Å²) in [6, 6.07) is 7.78. The van der Waals surface area contributed by atoms with Crippen LogP contribution in [0.25, 0.3) is 0 Å². The second-order valence-electron chi connectivity index (χ2n) is 6.14. The van der Waals surface area contributed by atoms with Crippen molar-refractivity contribution in [2.24, 2.45) is 0 Å². The number of carbonyl (C=O) groups excluding carboxylic acids is 1. The van der Waals surface area contributed by atoms with Gasteiger partial charge in [0.1, 0.15) is 5.82 Å². The van der Waals surface area contributed by atoms with Gasteiger partial charge in [-0.2, -0.15) is 0 Å². The van der Waals surface area contributed by atoms with Crippen LogP contribution in [0, 0.1) is 0 Å². The smallest absolute Gasteiger partial charge is 0.219 e. The van der Waals surface area contributed by atoms with Crippen LogP contribution in [0.15, 0.2) is 36.7 Å². The highest BCUT2D eigenvalue weighted by molar-refractivity contribution is 6.30. The first-order valence-corrected chi connectivity index (χ1v) is 8.61. The molecule has 6 heteroatoms. The van der Waals surface area contributed by atoms with E-state index in [1.54, 1.807) is 13.1 Å². The monoisotopic (exact) mass is 347 g/mol. The van der Waals surface area contributed by atoms with Crippen LogP contribution in [0.5, 0.6) is 0 Å². The number of rotatable bonds is 6. The van der Waals surface area contributed by atoms with Crippen LogP contribution < -0.4 is 0 Å². The van der Waals surface area contributed by atoms with E-state index in [4.69, 9.17) is 16.3 Å². The molecular formula is C18H22ClN3O2. The SMILES string of the molecule is CC(=O)N(Cc1nccn1Cc1cccc(Cl)c1)CC1CCCO1. The summed E-state index contributed by atoms with van der Waals surface area (Å²) in [5.74, 6) is 0.908. The second kappa shape index (κ2) is 7.81. The van der Waals surface area contributed by atoms with E-state index < -0.39 is 0 Å². The molecule has 1 atom stereocenters. The summed E-state index contributed by atoms with van der Waals surface area (Å²) >= 11 is 6.05. The number of hydrogen-bond donors (Lipinski definition) is 0. The van der Waals surface area contributed by atoms with Gasteiger partial charge in [-0.15, -0.1) is 0 Å². The van der Waals surface area contributed by atoms with Crippen molar-refractivity contribution in [1.29, 1.82) is 0 Å². The van der Waals surface area contributed by atoms with Gasteiger partial charge in [-0.25, -0.2) is 4.98 Å². The van der Waals surface area contributed by atoms with Gasteiger partial charge in [-0.05, 0) is 30.5 Å². The molecule has 1 aromatic carbocycles. The van der Waals surface area contributed by atoms with E-state index in [1.807, 2.05) is 35.4 Å². The van der Waals surface area contributed by atoms with E-state index in [1.165, 1.54) is 0 Å². The molecule has 128 valence electrons. The molecule has 5 nitrogen and oxygen atoms in total. The van der Waals surface area contributed by atoms with Crippen LogP contribution in [0.1, 0.15) is 31.2 Å². The third-order valence-electron chi connectivity index (χ3n) is 4.27. The Balaban J connectivity index is 1.69. The molecule has 0 radical (unpaired) electrons. The Labute approximate surface area is 147 Å². The van der Waals surface area contributed by atoms with Crippen LogP contribution in [-0.4, -0.2) is 39.6 Å². The molecule has 1 unspecified atom stereocenters. The van der Waals surface area contributed by atoms with Gasteiger partial charge in [0.2, 0.25) is 5.91 Å². The van der Waals surface area contributed by atoms with E-state index in [0.717, 1.165) is 35.9 Å². The Bertz CT molecular complexity index is 695. The first kappa shape index (κ1) is 17.0. The molecule has 3 rings (SSSR count). The number of nitrogens with zero attached hydrogens (tertiary/aromatic N) is 3. The number of aromatic nitrogens is 2. The summed E-state index contributed by atoms with van der Waals surface area (Å²) in [7, 11) is 0. The van der Waals surface area contributed by atoms with Crippen molar-refractivity contribution in [2.75, 3.05) is 13.2 Å². The van der Waals surface area contributed by atoms with Crippen molar-refractivity contribution in [1.82, 2.24) is 14.5 Å². The summed E-state index contributed by atoms with van der Waals surface area (Å²) in [5.41, 5.74) is 1.11. The molecule has 0 N–H and O–H groups in total. The van der Waals surface area contributed by atoms with E-state index in [-0.39, 0.29) is 12.0 Å². The predicted octanol–water partition coefficient (Wildman–Crippen LogP) is 3.11. The molecule has 1 amide bonds. The molecule has 2 heterocycles. The summed E-state index contributed by atoms with van der Waals surface area (Å²) in [6.45, 7) is 4.18. The summed E-state index contributed by atoms with van der Waals surface area (Å²) < 4.78 is 7.71. The predicted molar refractivity (Wildman–Crippen MR) is 92.8 cm³/mol. The Morgan fingerprint density at radius 1 is 1.50 bits per heavy atom. The van der Waals surface area contributed by atoms with Gasteiger partial charge in [0.25, 0.3) is 0 Å².